The van der Waals surface area contributed by atoms with Crippen molar-refractivity contribution in [2.75, 3.05) is 7.11 Å². The molecule has 0 amide bonds. The van der Waals surface area contributed by atoms with Gasteiger partial charge in [-0.05, 0) is 48.5 Å². The first-order valence-corrected chi connectivity index (χ1v) is 9.27. The number of sulfonamides is 1. The van der Waals surface area contributed by atoms with Gasteiger partial charge >= 0.3 is 5.69 Å². The van der Waals surface area contributed by atoms with Crippen molar-refractivity contribution < 1.29 is 23.0 Å². The fourth-order valence-electron chi connectivity index (χ4n) is 2.26. The van der Waals surface area contributed by atoms with Gasteiger partial charge in [-0.3, -0.25) is 4.98 Å². The van der Waals surface area contributed by atoms with Gasteiger partial charge in [-0.1, -0.05) is 0 Å². The van der Waals surface area contributed by atoms with E-state index < -0.39 is 21.6 Å². The van der Waals surface area contributed by atoms with Crippen molar-refractivity contribution in [2.24, 2.45) is 0 Å². The number of methoxy groups -OCH3 is 1. The predicted molar refractivity (Wildman–Crippen MR) is 96.6 cm³/mol. The van der Waals surface area contributed by atoms with Gasteiger partial charge in [0.25, 0.3) is 0 Å². The summed E-state index contributed by atoms with van der Waals surface area (Å²) in [6.45, 7) is -0.267. The molecule has 10 heteroatoms. The fraction of sp³-hybridized carbons (Fsp3) is 0.118. The molecule has 27 heavy (non-hydrogen) atoms. The Kier molecular flexibility index (Phi) is 5.19. The first kappa shape index (κ1) is 18.5. The molecule has 0 spiro atoms. The summed E-state index contributed by atoms with van der Waals surface area (Å²) in [6, 6.07) is 12.8. The summed E-state index contributed by atoms with van der Waals surface area (Å²) >= 11 is 0. The minimum atomic E-state index is -3.83. The van der Waals surface area contributed by atoms with Crippen LogP contribution in [0.2, 0.25) is 0 Å². The van der Waals surface area contributed by atoms with Gasteiger partial charge in [0.15, 0.2) is 0 Å². The topological polar surface area (TPSA) is 134 Å². The Morgan fingerprint density at radius 3 is 2.04 bits per heavy atom. The van der Waals surface area contributed by atoms with E-state index in [1.807, 2.05) is 0 Å². The van der Waals surface area contributed by atoms with E-state index in [1.165, 1.54) is 24.3 Å². The summed E-state index contributed by atoms with van der Waals surface area (Å²) in [4.78, 5) is 15.5. The lowest BCUT2D eigenvalue weighted by Gasteiger charge is -2.09. The van der Waals surface area contributed by atoms with Gasteiger partial charge in [-0.2, -0.15) is 0 Å². The third kappa shape index (κ3) is 4.49. The largest absolute Gasteiger partial charge is 0.497 e. The van der Waals surface area contributed by atoms with Crippen molar-refractivity contribution in [3.63, 3.8) is 0 Å². The third-order valence-electron chi connectivity index (χ3n) is 3.65. The van der Waals surface area contributed by atoms with Crippen LogP contribution in [0, 0.1) is 0 Å². The Morgan fingerprint density at radius 1 is 0.963 bits per heavy atom. The molecule has 0 unspecified atom stereocenters. The average Bonchev–Trinajstić information content (AvgIpc) is 2.98. The maximum absolute atomic E-state index is 12.3. The minimum Gasteiger partial charge on any atom is -0.497 e. The Labute approximate surface area is 154 Å². The Bertz CT molecular complexity index is 1070. The lowest BCUT2D eigenvalue weighted by Crippen LogP contribution is -2.23. The molecule has 0 saturated heterocycles. The second-order valence-corrected chi connectivity index (χ2v) is 7.25. The number of H-pyrrole nitrogens is 2. The van der Waals surface area contributed by atoms with E-state index in [2.05, 4.69) is 14.7 Å². The van der Waals surface area contributed by atoms with E-state index >= 15 is 0 Å². The van der Waals surface area contributed by atoms with Crippen LogP contribution in [0.1, 0.15) is 5.69 Å². The molecular weight excluding hydrogens is 374 g/mol. The molecule has 1 aromatic heterocycles. The molecule has 0 atom stereocenters. The Balaban J connectivity index is 1.67. The highest BCUT2D eigenvalue weighted by atomic mass is 32.2. The van der Waals surface area contributed by atoms with E-state index in [4.69, 9.17) is 9.47 Å². The summed E-state index contributed by atoms with van der Waals surface area (Å²) in [5.74, 6) is 1.33. The first-order valence-electron chi connectivity index (χ1n) is 7.79. The third-order valence-corrected chi connectivity index (χ3v) is 5.07. The molecule has 3 aromatic rings. The number of nitrogens with one attached hydrogen (secondary N) is 3. The summed E-state index contributed by atoms with van der Waals surface area (Å²) in [7, 11) is -2.27. The number of rotatable bonds is 7. The van der Waals surface area contributed by atoms with Gasteiger partial charge in [-0.25, -0.2) is 17.9 Å². The summed E-state index contributed by atoms with van der Waals surface area (Å²) in [5.41, 5.74) is -0.579. The molecule has 0 saturated carbocycles. The zero-order valence-electron chi connectivity index (χ0n) is 14.2. The van der Waals surface area contributed by atoms with Crippen LogP contribution in [-0.2, 0) is 16.6 Å². The number of hydrogen-bond donors (Lipinski definition) is 4. The molecular formula is C17H17N3O6S. The number of imidazole rings is 1. The smallest absolute Gasteiger partial charge is 0.326 e. The van der Waals surface area contributed by atoms with Crippen LogP contribution in [-0.4, -0.2) is 30.6 Å². The van der Waals surface area contributed by atoms with Crippen LogP contribution in [0.3, 0.4) is 0 Å². The lowest BCUT2D eigenvalue weighted by molar-refractivity contribution is 0.413. The second-order valence-electron chi connectivity index (χ2n) is 5.48. The van der Waals surface area contributed by atoms with Crippen LogP contribution in [0.15, 0.2) is 58.2 Å². The average molecular weight is 391 g/mol. The molecule has 0 bridgehead atoms. The van der Waals surface area contributed by atoms with E-state index in [-0.39, 0.29) is 17.1 Å². The van der Waals surface area contributed by atoms with E-state index in [9.17, 15) is 18.3 Å². The van der Waals surface area contributed by atoms with Crippen LogP contribution in [0.25, 0.3) is 0 Å². The number of aromatic nitrogens is 2. The molecule has 0 aliphatic rings. The molecule has 0 aliphatic carbocycles. The summed E-state index contributed by atoms with van der Waals surface area (Å²) in [5, 5.41) is 9.46. The van der Waals surface area contributed by atoms with Crippen molar-refractivity contribution in [3.05, 3.63) is 64.7 Å². The highest BCUT2D eigenvalue weighted by Crippen LogP contribution is 2.25. The van der Waals surface area contributed by atoms with Crippen LogP contribution < -0.4 is 19.9 Å². The number of benzene rings is 2. The molecule has 142 valence electrons. The molecule has 9 nitrogen and oxygen atoms in total. The van der Waals surface area contributed by atoms with Crippen molar-refractivity contribution in [1.29, 1.82) is 0 Å². The normalized spacial score (nSPS) is 11.3. The van der Waals surface area contributed by atoms with Gasteiger partial charge < -0.3 is 19.6 Å². The quantitative estimate of drug-likeness (QED) is 0.484. The second kappa shape index (κ2) is 7.56. The predicted octanol–water partition coefficient (Wildman–Crippen LogP) is 1.69. The van der Waals surface area contributed by atoms with E-state index in [0.717, 1.165) is 0 Å². The number of aromatic amines is 2. The standard InChI is InChI=1S/C17H17N3O6S/c1-25-11-2-4-12(5-3-11)26-13-6-8-14(9-7-13)27(23,24)18-10-15-16(21)20-17(22)19-15/h2-9,18,21H,10H2,1H3,(H2,19,20,22). The van der Waals surface area contributed by atoms with Gasteiger partial charge in [-0.15, -0.1) is 0 Å². The molecule has 0 radical (unpaired) electrons. The molecule has 0 fully saturated rings. The number of ether oxygens (including phenoxy) is 2. The van der Waals surface area contributed by atoms with Gasteiger partial charge in [0.2, 0.25) is 15.9 Å². The van der Waals surface area contributed by atoms with Crippen LogP contribution in [0.4, 0.5) is 0 Å². The minimum absolute atomic E-state index is 0.0157. The van der Waals surface area contributed by atoms with Crippen molar-refractivity contribution >= 4 is 10.0 Å². The fourth-order valence-corrected chi connectivity index (χ4v) is 3.25. The SMILES string of the molecule is COc1ccc(Oc2ccc(S(=O)(=O)NCc3[nH]c(=O)[nH]c3O)cc2)cc1. The van der Waals surface area contributed by atoms with Crippen LogP contribution >= 0.6 is 0 Å². The monoisotopic (exact) mass is 391 g/mol. The van der Waals surface area contributed by atoms with Crippen molar-refractivity contribution in [3.8, 4) is 23.1 Å². The van der Waals surface area contributed by atoms with Crippen molar-refractivity contribution in [1.82, 2.24) is 14.7 Å². The van der Waals surface area contributed by atoms with Gasteiger partial charge in [0.1, 0.15) is 17.2 Å². The molecule has 3 rings (SSSR count). The lowest BCUT2D eigenvalue weighted by atomic mass is 10.3. The van der Waals surface area contributed by atoms with Gasteiger partial charge in [0, 0.05) is 0 Å². The molecule has 4 N–H and O–H groups in total. The zero-order chi connectivity index (χ0) is 19.4. The van der Waals surface area contributed by atoms with Crippen LogP contribution in [0.5, 0.6) is 23.1 Å². The van der Waals surface area contributed by atoms with E-state index in [0.29, 0.717) is 17.2 Å². The zero-order valence-corrected chi connectivity index (χ0v) is 15.0. The van der Waals surface area contributed by atoms with E-state index in [1.54, 1.807) is 31.4 Å². The summed E-state index contributed by atoms with van der Waals surface area (Å²) < 4.78 is 37.6. The highest BCUT2D eigenvalue weighted by Gasteiger charge is 2.16. The maximum Gasteiger partial charge on any atom is 0.326 e. The Morgan fingerprint density at radius 2 is 1.52 bits per heavy atom. The molecule has 1 heterocycles. The van der Waals surface area contributed by atoms with Gasteiger partial charge in [0.05, 0.1) is 24.2 Å². The first-order chi connectivity index (χ1) is 12.9. The summed E-state index contributed by atoms with van der Waals surface area (Å²) in [6.07, 6.45) is 0. The number of hydrogen-bond acceptors (Lipinski definition) is 6. The maximum atomic E-state index is 12.3. The molecule has 2 aromatic carbocycles. The molecule has 0 aliphatic heterocycles. The number of aromatic hydroxyl groups is 1. The highest BCUT2D eigenvalue weighted by molar-refractivity contribution is 7.89. The Hall–Kier alpha value is -3.24. The van der Waals surface area contributed by atoms with Crippen molar-refractivity contribution in [2.45, 2.75) is 11.4 Å².